The molecular formula is C57H58F2N12OS. The predicted octanol–water partition coefficient (Wildman–Crippen LogP) is 11.5. The Morgan fingerprint density at radius 3 is 1.58 bits per heavy atom. The number of imidazole rings is 2. The number of fused-ring (bicyclic) bond motifs is 4. The molecule has 4 aromatic carbocycles. The van der Waals surface area contributed by atoms with Crippen LogP contribution in [0, 0.1) is 11.6 Å². The van der Waals surface area contributed by atoms with Gasteiger partial charge in [-0.05, 0) is 128 Å². The van der Waals surface area contributed by atoms with Gasteiger partial charge in [-0.1, -0.05) is 50.2 Å². The van der Waals surface area contributed by atoms with Gasteiger partial charge in [0.2, 0.25) is 11.1 Å². The number of nitrogens with zero attached hydrogens (tertiary/aromatic N) is 10. The lowest BCUT2D eigenvalue weighted by molar-refractivity contribution is 0.459. The van der Waals surface area contributed by atoms with E-state index < -0.39 is 10.8 Å². The van der Waals surface area contributed by atoms with Crippen molar-refractivity contribution in [3.8, 4) is 45.3 Å². The fourth-order valence-corrected chi connectivity index (χ4v) is 10.3. The van der Waals surface area contributed by atoms with E-state index in [0.717, 1.165) is 116 Å². The Balaban J connectivity index is 0.000000156. The van der Waals surface area contributed by atoms with Gasteiger partial charge in [0, 0.05) is 85.7 Å². The summed E-state index contributed by atoms with van der Waals surface area (Å²) in [5.74, 6) is 2.08. The van der Waals surface area contributed by atoms with Crippen LogP contribution in [0.2, 0.25) is 0 Å². The van der Waals surface area contributed by atoms with E-state index in [1.54, 1.807) is 42.9 Å². The molecule has 3 atom stereocenters. The van der Waals surface area contributed by atoms with Gasteiger partial charge in [-0.3, -0.25) is 4.21 Å². The number of anilines is 1. The molecule has 16 heteroatoms. The summed E-state index contributed by atoms with van der Waals surface area (Å²) in [5.41, 5.74) is 14.1. The number of aromatic nitrogens is 10. The second-order valence-corrected chi connectivity index (χ2v) is 19.6. The van der Waals surface area contributed by atoms with Gasteiger partial charge in [-0.15, -0.1) is 0 Å². The second-order valence-electron chi connectivity index (χ2n) is 18.3. The molecule has 2 aliphatic rings. The zero-order valence-corrected chi connectivity index (χ0v) is 42.0. The van der Waals surface area contributed by atoms with Crippen LogP contribution in [0.25, 0.3) is 67.1 Å². The highest BCUT2D eigenvalue weighted by molar-refractivity contribution is 7.84. The minimum atomic E-state index is -1.31. The van der Waals surface area contributed by atoms with Crippen LogP contribution in [-0.4, -0.2) is 71.7 Å². The van der Waals surface area contributed by atoms with Crippen LogP contribution in [0.4, 0.5) is 14.7 Å². The Hall–Kier alpha value is -7.69. The number of hydrogen-bond acceptors (Lipinski definition) is 9. The first-order valence-electron chi connectivity index (χ1n) is 25.0. The minimum Gasteiger partial charge on any atom is -0.354 e. The van der Waals surface area contributed by atoms with E-state index in [0.29, 0.717) is 11.6 Å². The summed E-state index contributed by atoms with van der Waals surface area (Å²) >= 11 is 0. The molecule has 10 aromatic rings. The molecule has 13 nitrogen and oxygen atoms in total. The number of rotatable bonds is 13. The van der Waals surface area contributed by atoms with Gasteiger partial charge in [-0.2, -0.15) is 0 Å². The van der Waals surface area contributed by atoms with Gasteiger partial charge in [-0.25, -0.2) is 38.7 Å². The monoisotopic (exact) mass is 996 g/mol. The molecule has 0 radical (unpaired) electrons. The highest BCUT2D eigenvalue weighted by Crippen LogP contribution is 2.42. The molecule has 2 aliphatic heterocycles. The van der Waals surface area contributed by atoms with Crippen LogP contribution < -0.4 is 11.1 Å². The first-order valence-corrected chi connectivity index (χ1v) is 26.5. The molecule has 0 bridgehead atoms. The average Bonchev–Trinajstić information content (AvgIpc) is 4.30. The fraction of sp³-hybridized carbons (Fsp3) is 0.263. The number of nitrogens with two attached hydrogens (primary N) is 1. The van der Waals surface area contributed by atoms with Gasteiger partial charge in [0.1, 0.15) is 23.3 Å². The summed E-state index contributed by atoms with van der Waals surface area (Å²) in [6, 6.07) is 38.2. The van der Waals surface area contributed by atoms with Gasteiger partial charge >= 0.3 is 0 Å². The van der Waals surface area contributed by atoms with Crippen molar-refractivity contribution < 1.29 is 13.0 Å². The molecule has 372 valence electrons. The summed E-state index contributed by atoms with van der Waals surface area (Å²) in [5, 5.41) is 6.03. The van der Waals surface area contributed by atoms with Crippen molar-refractivity contribution in [2.24, 2.45) is 5.73 Å². The maximum atomic E-state index is 13.7. The third-order valence-electron chi connectivity index (χ3n) is 13.4. The average molecular weight is 997 g/mol. The van der Waals surface area contributed by atoms with E-state index in [4.69, 9.17) is 20.7 Å². The summed E-state index contributed by atoms with van der Waals surface area (Å²) in [6.07, 6.45) is 15.1. The molecule has 8 heterocycles. The van der Waals surface area contributed by atoms with Crippen molar-refractivity contribution in [3.05, 3.63) is 169 Å². The van der Waals surface area contributed by atoms with Crippen molar-refractivity contribution in [1.29, 1.82) is 0 Å². The first-order chi connectivity index (χ1) is 35.7. The Labute approximate surface area is 425 Å². The van der Waals surface area contributed by atoms with E-state index in [9.17, 15) is 13.0 Å². The van der Waals surface area contributed by atoms with Crippen molar-refractivity contribution in [3.63, 3.8) is 0 Å². The Morgan fingerprint density at radius 2 is 1.10 bits per heavy atom. The van der Waals surface area contributed by atoms with Gasteiger partial charge in [0.15, 0.2) is 0 Å². The quantitative estimate of drug-likeness (QED) is 0.108. The molecule has 73 heavy (non-hydrogen) atoms. The Morgan fingerprint density at radius 1 is 0.616 bits per heavy atom. The standard InChI is InChI=1S/C28H27FN6.C26H22FN5OS.C3H9N/c1-2-15-30-28-31-16-13-23(32-28)27-26(20-7-9-21(29)10-8-20)33-25-12-11-22(35(25)27)18-34-17-14-19-5-3-4-6-24(19)34;1-34(33)26-28-14-12-21(29-26)25-24(18-6-8-19(27)9-7-18)30-23-11-10-20(32(23)25)16-31-15-13-17-4-2-3-5-22(17)31;1-2-3-4/h3-10,13-14,16-17,22H,2,11-12,15,18H2,1H3,(H,30,31,32);2-9,12-15,20H,10-11,16H2,1H3;2-4H2,1H3/t22-;20-,34?;/m00./s1. The molecule has 1 unspecified atom stereocenters. The number of aryl methyl sites for hydroxylation is 2. The van der Waals surface area contributed by atoms with Crippen LogP contribution in [0.5, 0.6) is 0 Å². The molecule has 12 rings (SSSR count). The second kappa shape index (κ2) is 22.0. The zero-order chi connectivity index (χ0) is 50.4. The smallest absolute Gasteiger partial charge is 0.223 e. The van der Waals surface area contributed by atoms with Crippen molar-refractivity contribution >= 4 is 38.6 Å². The Kier molecular flexibility index (Phi) is 14.7. The molecule has 6 aromatic heterocycles. The van der Waals surface area contributed by atoms with Gasteiger partial charge in [0.05, 0.1) is 57.0 Å². The van der Waals surface area contributed by atoms with Crippen LogP contribution in [0.1, 0.15) is 63.3 Å². The number of hydrogen-bond donors (Lipinski definition) is 2. The fourth-order valence-electron chi connectivity index (χ4n) is 9.88. The maximum absolute atomic E-state index is 13.7. The highest BCUT2D eigenvalue weighted by Gasteiger charge is 2.33. The van der Waals surface area contributed by atoms with E-state index in [1.165, 1.54) is 46.1 Å². The van der Waals surface area contributed by atoms with Crippen molar-refractivity contribution in [2.75, 3.05) is 24.7 Å². The minimum absolute atomic E-state index is 0.174. The third kappa shape index (κ3) is 10.4. The van der Waals surface area contributed by atoms with E-state index in [1.807, 2.05) is 18.2 Å². The van der Waals surface area contributed by atoms with Crippen LogP contribution >= 0.6 is 0 Å². The van der Waals surface area contributed by atoms with E-state index >= 15 is 0 Å². The predicted molar refractivity (Wildman–Crippen MR) is 286 cm³/mol. The SMILES string of the molecule is CCCN.CCCNc1nccc(-c2c(-c3ccc(F)cc3)nc3n2[C@H](Cn2ccc4ccccc42)CC3)n1.CS(=O)c1nccc(-c2c(-c3ccc(F)cc3)nc3n2[C@H](Cn2ccc4ccccc42)CC3)n1. The zero-order valence-electron chi connectivity index (χ0n) is 41.2. The molecule has 0 saturated carbocycles. The third-order valence-corrected chi connectivity index (χ3v) is 14.1. The lowest BCUT2D eigenvalue weighted by Gasteiger charge is -2.19. The molecule has 0 fully saturated rings. The summed E-state index contributed by atoms with van der Waals surface area (Å²) in [6.45, 7) is 7.44. The van der Waals surface area contributed by atoms with Gasteiger partial charge in [0.25, 0.3) is 0 Å². The van der Waals surface area contributed by atoms with Crippen molar-refractivity contribution in [2.45, 2.75) is 82.7 Å². The summed E-state index contributed by atoms with van der Waals surface area (Å²) < 4.78 is 48.7. The summed E-state index contributed by atoms with van der Waals surface area (Å²) in [4.78, 5) is 28.1. The topological polar surface area (TPSA) is 152 Å². The molecule has 3 N–H and O–H groups in total. The largest absolute Gasteiger partial charge is 0.354 e. The number of benzene rings is 4. The lowest BCUT2D eigenvalue weighted by atomic mass is 10.1. The summed E-state index contributed by atoms with van der Waals surface area (Å²) in [7, 11) is -1.31. The van der Waals surface area contributed by atoms with Crippen LogP contribution in [0.15, 0.2) is 151 Å². The lowest BCUT2D eigenvalue weighted by Crippen LogP contribution is -2.14. The normalized spacial score (nSPS) is 15.1. The van der Waals surface area contributed by atoms with Crippen LogP contribution in [-0.2, 0) is 36.7 Å². The maximum Gasteiger partial charge on any atom is 0.223 e. The molecule has 0 spiro atoms. The number of nitrogens with one attached hydrogen (secondary N) is 1. The van der Waals surface area contributed by atoms with E-state index in [-0.39, 0.29) is 28.9 Å². The number of halogens is 2. The highest BCUT2D eigenvalue weighted by atomic mass is 32.2. The van der Waals surface area contributed by atoms with Crippen molar-refractivity contribution in [1.82, 2.24) is 48.2 Å². The number of para-hydroxylation sites is 2. The molecular weight excluding hydrogens is 939 g/mol. The van der Waals surface area contributed by atoms with Gasteiger partial charge < -0.3 is 29.3 Å². The first kappa shape index (κ1) is 48.9. The molecule has 0 aliphatic carbocycles. The Bertz CT molecular complexity index is 3520. The van der Waals surface area contributed by atoms with E-state index in [2.05, 4.69) is 119 Å². The molecule has 0 saturated heterocycles. The van der Waals surface area contributed by atoms with Crippen LogP contribution in [0.3, 0.4) is 0 Å². The molecule has 0 amide bonds.